The number of carbonyl (C=O) groups excluding carboxylic acids is 2. The summed E-state index contributed by atoms with van der Waals surface area (Å²) >= 11 is 0. The average Bonchev–Trinajstić information content (AvgIpc) is 2.94. The smallest absolute Gasteiger partial charge is 0.344 e. The van der Waals surface area contributed by atoms with Crippen LogP contribution in [0.1, 0.15) is 20.8 Å². The van der Waals surface area contributed by atoms with E-state index in [4.69, 9.17) is 14.2 Å². The molecule has 0 spiro atoms. The second-order valence-electron chi connectivity index (χ2n) is 9.82. The Morgan fingerprint density at radius 3 is 2.32 bits per heavy atom. The number of nitrogens with zero attached hydrogens (tertiary/aromatic N) is 3. The summed E-state index contributed by atoms with van der Waals surface area (Å²) in [6.07, 6.45) is 2.96. The van der Waals surface area contributed by atoms with Gasteiger partial charge in [-0.05, 0) is 69.3 Å². The third kappa shape index (κ3) is 7.28. The molecular formula is C29H30N4O7S. The fraction of sp³-hybridized carbons (Fsp3) is 0.241. The fourth-order valence-electron chi connectivity index (χ4n) is 3.91. The predicted octanol–water partition coefficient (Wildman–Crippen LogP) is 4.19. The van der Waals surface area contributed by atoms with Gasteiger partial charge in [0.1, 0.15) is 28.5 Å². The molecule has 2 heterocycles. The first-order valence-electron chi connectivity index (χ1n) is 12.6. The van der Waals surface area contributed by atoms with E-state index in [9.17, 15) is 18.0 Å². The molecule has 11 nitrogen and oxygen atoms in total. The Balaban J connectivity index is 1.56. The van der Waals surface area contributed by atoms with E-state index in [2.05, 4.69) is 15.3 Å². The van der Waals surface area contributed by atoms with E-state index in [-0.39, 0.29) is 28.6 Å². The molecule has 12 heteroatoms. The van der Waals surface area contributed by atoms with E-state index in [0.717, 1.165) is 4.31 Å². The molecule has 0 radical (unpaired) electrons. The summed E-state index contributed by atoms with van der Waals surface area (Å²) in [5.41, 5.74) is 0.121. The van der Waals surface area contributed by atoms with E-state index >= 15 is 0 Å². The highest BCUT2D eigenvalue weighted by Crippen LogP contribution is 2.32. The summed E-state index contributed by atoms with van der Waals surface area (Å²) in [7, 11) is -2.95. The number of methoxy groups -OCH3 is 1. The maximum absolute atomic E-state index is 14.0. The first-order chi connectivity index (χ1) is 19.5. The Morgan fingerprint density at radius 1 is 0.927 bits per heavy atom. The monoisotopic (exact) mass is 578 g/mol. The molecule has 0 aliphatic heterocycles. The first kappa shape index (κ1) is 29.3. The number of carbonyl (C=O) groups is 2. The number of pyridine rings is 2. The number of esters is 1. The van der Waals surface area contributed by atoms with Gasteiger partial charge in [-0.2, -0.15) is 0 Å². The second kappa shape index (κ2) is 12.2. The SMILES string of the molecule is COc1ncccc1N(CC(=O)Nc1ccc(OCC(=O)OC(C)(C)C)cc1)S(=O)(=O)c1cccc2cccnc12. The largest absolute Gasteiger partial charge is 0.482 e. The molecule has 1 amide bonds. The highest BCUT2D eigenvalue weighted by atomic mass is 32.2. The second-order valence-corrected chi connectivity index (χ2v) is 11.7. The lowest BCUT2D eigenvalue weighted by atomic mass is 10.2. The Hall–Kier alpha value is -4.71. The van der Waals surface area contributed by atoms with Gasteiger partial charge in [0.15, 0.2) is 6.61 Å². The molecule has 0 aliphatic rings. The van der Waals surface area contributed by atoms with Gasteiger partial charge in [-0.25, -0.2) is 18.2 Å². The van der Waals surface area contributed by atoms with Crippen molar-refractivity contribution < 1.29 is 32.2 Å². The van der Waals surface area contributed by atoms with Gasteiger partial charge in [-0.15, -0.1) is 0 Å². The number of hydrogen-bond donors (Lipinski definition) is 1. The quantitative estimate of drug-likeness (QED) is 0.275. The molecule has 41 heavy (non-hydrogen) atoms. The number of anilines is 2. The van der Waals surface area contributed by atoms with E-state index in [0.29, 0.717) is 16.8 Å². The number of benzene rings is 2. The van der Waals surface area contributed by atoms with Gasteiger partial charge in [0.05, 0.1) is 12.6 Å². The summed E-state index contributed by atoms with van der Waals surface area (Å²) < 4.78 is 45.0. The van der Waals surface area contributed by atoms with Gasteiger partial charge >= 0.3 is 5.97 Å². The molecule has 0 saturated heterocycles. The zero-order valence-corrected chi connectivity index (χ0v) is 23.8. The van der Waals surface area contributed by atoms with E-state index in [1.54, 1.807) is 75.4 Å². The molecule has 0 atom stereocenters. The van der Waals surface area contributed by atoms with Crippen molar-refractivity contribution in [3.63, 3.8) is 0 Å². The number of para-hydroxylation sites is 1. The lowest BCUT2D eigenvalue weighted by Crippen LogP contribution is -2.38. The molecular weight excluding hydrogens is 548 g/mol. The summed E-state index contributed by atoms with van der Waals surface area (Å²) in [4.78, 5) is 33.4. The lowest BCUT2D eigenvalue weighted by Gasteiger charge is -2.25. The van der Waals surface area contributed by atoms with Gasteiger partial charge < -0.3 is 19.5 Å². The molecule has 1 N–H and O–H groups in total. The minimum atomic E-state index is -4.31. The highest BCUT2D eigenvalue weighted by molar-refractivity contribution is 7.93. The van der Waals surface area contributed by atoms with Crippen molar-refractivity contribution in [2.75, 3.05) is 29.9 Å². The van der Waals surface area contributed by atoms with Crippen LogP contribution in [0.5, 0.6) is 11.6 Å². The molecule has 0 fully saturated rings. The standard InChI is InChI=1S/C29H30N4O7S/c1-29(2,3)40-26(35)19-39-22-14-12-21(13-15-22)32-25(34)18-33(23-10-7-17-31-28(23)38-4)41(36,37)24-11-5-8-20-9-6-16-30-27(20)24/h5-17H,18-19H2,1-4H3,(H,32,34). The predicted molar refractivity (Wildman–Crippen MR) is 153 cm³/mol. The number of sulfonamides is 1. The summed E-state index contributed by atoms with van der Waals surface area (Å²) in [5.74, 6) is -0.705. The fourth-order valence-corrected chi connectivity index (χ4v) is 5.50. The Kier molecular flexibility index (Phi) is 8.72. The molecule has 4 rings (SSSR count). The van der Waals surface area contributed by atoms with Crippen LogP contribution in [-0.4, -0.2) is 56.1 Å². The van der Waals surface area contributed by atoms with Gasteiger partial charge in [-0.3, -0.25) is 14.1 Å². The third-order valence-corrected chi connectivity index (χ3v) is 7.37. The van der Waals surface area contributed by atoms with Gasteiger partial charge in [0, 0.05) is 23.5 Å². The Bertz CT molecular complexity index is 1650. The van der Waals surface area contributed by atoms with Crippen molar-refractivity contribution in [1.82, 2.24) is 9.97 Å². The van der Waals surface area contributed by atoms with Crippen molar-refractivity contribution in [3.8, 4) is 11.6 Å². The molecule has 2 aromatic carbocycles. The number of ether oxygens (including phenoxy) is 3. The molecule has 4 aromatic rings. The average molecular weight is 579 g/mol. The molecule has 2 aromatic heterocycles. The number of fused-ring (bicyclic) bond motifs is 1. The molecule has 0 bridgehead atoms. The summed E-state index contributed by atoms with van der Waals surface area (Å²) in [5, 5.41) is 3.32. The van der Waals surface area contributed by atoms with E-state index < -0.39 is 34.0 Å². The van der Waals surface area contributed by atoms with Crippen LogP contribution in [0.25, 0.3) is 10.9 Å². The van der Waals surface area contributed by atoms with Gasteiger partial charge in [0.2, 0.25) is 11.8 Å². The van der Waals surface area contributed by atoms with Crippen LogP contribution < -0.4 is 19.1 Å². The maximum atomic E-state index is 14.0. The molecule has 0 unspecified atom stereocenters. The van der Waals surface area contributed by atoms with Crippen molar-refractivity contribution in [3.05, 3.63) is 79.1 Å². The van der Waals surface area contributed by atoms with E-state index in [1.807, 2.05) is 0 Å². The number of aromatic nitrogens is 2. The number of amides is 1. The third-order valence-electron chi connectivity index (χ3n) is 5.58. The molecule has 214 valence electrons. The van der Waals surface area contributed by atoms with Crippen molar-refractivity contribution in [1.29, 1.82) is 0 Å². The number of nitrogens with one attached hydrogen (secondary N) is 1. The Morgan fingerprint density at radius 2 is 1.61 bits per heavy atom. The Labute approximate surface area is 238 Å². The lowest BCUT2D eigenvalue weighted by molar-refractivity contribution is -0.157. The maximum Gasteiger partial charge on any atom is 0.344 e. The van der Waals surface area contributed by atoms with Crippen molar-refractivity contribution in [2.24, 2.45) is 0 Å². The van der Waals surface area contributed by atoms with Crippen LogP contribution in [0.3, 0.4) is 0 Å². The van der Waals surface area contributed by atoms with Gasteiger partial charge in [0.25, 0.3) is 10.0 Å². The van der Waals surface area contributed by atoms with Crippen molar-refractivity contribution in [2.45, 2.75) is 31.3 Å². The zero-order chi connectivity index (χ0) is 29.6. The number of hydrogen-bond acceptors (Lipinski definition) is 9. The number of rotatable bonds is 10. The van der Waals surface area contributed by atoms with Crippen LogP contribution in [0.15, 0.2) is 84.0 Å². The highest BCUT2D eigenvalue weighted by Gasteiger charge is 2.31. The van der Waals surface area contributed by atoms with Crippen LogP contribution in [0.4, 0.5) is 11.4 Å². The summed E-state index contributed by atoms with van der Waals surface area (Å²) in [6, 6.07) is 17.6. The van der Waals surface area contributed by atoms with Crippen LogP contribution >= 0.6 is 0 Å². The zero-order valence-electron chi connectivity index (χ0n) is 23.0. The minimum Gasteiger partial charge on any atom is -0.482 e. The topological polar surface area (TPSA) is 137 Å². The summed E-state index contributed by atoms with van der Waals surface area (Å²) in [6.45, 7) is 4.43. The van der Waals surface area contributed by atoms with Crippen LogP contribution in [0, 0.1) is 0 Å². The minimum absolute atomic E-state index is 0.0311. The molecule has 0 aliphatic carbocycles. The van der Waals surface area contributed by atoms with Gasteiger partial charge in [-0.1, -0.05) is 18.2 Å². The van der Waals surface area contributed by atoms with E-state index in [1.165, 1.54) is 31.6 Å². The van der Waals surface area contributed by atoms with Crippen LogP contribution in [-0.2, 0) is 24.3 Å². The van der Waals surface area contributed by atoms with Crippen LogP contribution in [0.2, 0.25) is 0 Å². The first-order valence-corrected chi connectivity index (χ1v) is 14.0. The normalized spacial score (nSPS) is 11.5. The van der Waals surface area contributed by atoms with Crippen molar-refractivity contribution >= 4 is 44.2 Å². The molecule has 0 saturated carbocycles.